The molecular formula is C31H35N2O3. The average Bonchev–Trinajstić information content (AvgIpc) is 3.38. The van der Waals surface area contributed by atoms with Gasteiger partial charge in [-0.25, -0.2) is 0 Å². The van der Waals surface area contributed by atoms with Gasteiger partial charge in [-0.1, -0.05) is 59.8 Å². The average molecular weight is 484 g/mol. The Morgan fingerprint density at radius 3 is 2.64 bits per heavy atom. The van der Waals surface area contributed by atoms with Crippen molar-refractivity contribution >= 4 is 11.0 Å². The Kier molecular flexibility index (Phi) is 8.19. The first-order valence-electron chi connectivity index (χ1n) is 13.1. The standard InChI is InChI=1S/C31H35N2O3/c1-34-29-13-7-8-14-30(29)35-23-25(16-15-24-9-3-2-4-10-24)17-20-33-21-18-26(19-22-33)31-27-11-5-6-12-28(27)36-32-31/h2-13,25-26H,15-23H2,1H3. The van der Waals surface area contributed by atoms with E-state index in [4.69, 9.17) is 14.0 Å². The van der Waals surface area contributed by atoms with Crippen molar-refractivity contribution in [3.05, 3.63) is 90.1 Å². The summed E-state index contributed by atoms with van der Waals surface area (Å²) < 4.78 is 17.2. The van der Waals surface area contributed by atoms with Crippen LogP contribution in [0.25, 0.3) is 11.0 Å². The van der Waals surface area contributed by atoms with Gasteiger partial charge in [0.2, 0.25) is 0 Å². The molecule has 1 atom stereocenters. The summed E-state index contributed by atoms with van der Waals surface area (Å²) in [5.74, 6) is 2.37. The maximum Gasteiger partial charge on any atom is 0.169 e. The Morgan fingerprint density at radius 2 is 1.81 bits per heavy atom. The quantitative estimate of drug-likeness (QED) is 0.243. The number of hydrogen-bond donors (Lipinski definition) is 0. The minimum Gasteiger partial charge on any atom is -0.493 e. The maximum absolute atomic E-state index is 6.21. The summed E-state index contributed by atoms with van der Waals surface area (Å²) in [6, 6.07) is 27.8. The highest BCUT2D eigenvalue weighted by Crippen LogP contribution is 2.33. The van der Waals surface area contributed by atoms with Gasteiger partial charge in [0.25, 0.3) is 0 Å². The molecule has 5 rings (SSSR count). The van der Waals surface area contributed by atoms with E-state index in [0.29, 0.717) is 24.2 Å². The molecule has 0 bridgehead atoms. The fourth-order valence-corrected chi connectivity index (χ4v) is 5.20. The lowest BCUT2D eigenvalue weighted by Crippen LogP contribution is -2.35. The van der Waals surface area contributed by atoms with E-state index >= 15 is 0 Å². The Bertz CT molecular complexity index is 1210. The summed E-state index contributed by atoms with van der Waals surface area (Å²) in [6.07, 6.45) is 5.52. The molecule has 5 heteroatoms. The Labute approximate surface area is 214 Å². The molecule has 5 nitrogen and oxygen atoms in total. The fraction of sp³-hybridized carbons (Fsp3) is 0.387. The van der Waals surface area contributed by atoms with Crippen LogP contribution in [-0.2, 0) is 6.42 Å². The van der Waals surface area contributed by atoms with Crippen LogP contribution in [0.4, 0.5) is 0 Å². The normalized spacial score (nSPS) is 15.7. The van der Waals surface area contributed by atoms with Gasteiger partial charge in [-0.15, -0.1) is 0 Å². The van der Waals surface area contributed by atoms with Crippen molar-refractivity contribution in [2.75, 3.05) is 33.4 Å². The second kappa shape index (κ2) is 12.1. The lowest BCUT2D eigenvalue weighted by Gasteiger charge is -2.32. The molecule has 1 fully saturated rings. The van der Waals surface area contributed by atoms with E-state index in [1.165, 1.54) is 10.9 Å². The van der Waals surface area contributed by atoms with Crippen LogP contribution in [0.2, 0.25) is 0 Å². The lowest BCUT2D eigenvalue weighted by atomic mass is 9.91. The number of ether oxygens (including phenoxy) is 2. The topological polar surface area (TPSA) is 47.7 Å². The smallest absolute Gasteiger partial charge is 0.169 e. The molecule has 1 radical (unpaired) electrons. The second-order valence-corrected chi connectivity index (χ2v) is 9.74. The summed E-state index contributed by atoms with van der Waals surface area (Å²) in [5.41, 5.74) is 3.41. The Balaban J connectivity index is 1.16. The van der Waals surface area contributed by atoms with Crippen LogP contribution < -0.4 is 9.47 Å². The lowest BCUT2D eigenvalue weighted by molar-refractivity contribution is 0.170. The molecule has 1 aliphatic heterocycles. The molecule has 0 aliphatic carbocycles. The van der Waals surface area contributed by atoms with E-state index in [0.717, 1.165) is 68.8 Å². The number of para-hydroxylation sites is 2. The van der Waals surface area contributed by atoms with Gasteiger partial charge in [0.05, 0.1) is 19.4 Å². The minimum absolute atomic E-state index is 0.459. The number of benzene rings is 3. The number of likely N-dealkylation sites (tertiary alicyclic amines) is 1. The van der Waals surface area contributed by atoms with Crippen LogP contribution in [0.1, 0.15) is 42.9 Å². The van der Waals surface area contributed by atoms with Crippen molar-refractivity contribution in [1.29, 1.82) is 0 Å². The van der Waals surface area contributed by atoms with Crippen molar-refractivity contribution in [1.82, 2.24) is 10.1 Å². The third-order valence-corrected chi connectivity index (χ3v) is 7.38. The number of rotatable bonds is 11. The van der Waals surface area contributed by atoms with Crippen LogP contribution >= 0.6 is 0 Å². The van der Waals surface area contributed by atoms with E-state index in [9.17, 15) is 0 Å². The van der Waals surface area contributed by atoms with Gasteiger partial charge < -0.3 is 18.9 Å². The number of methoxy groups -OCH3 is 1. The minimum atomic E-state index is 0.459. The summed E-state index contributed by atoms with van der Waals surface area (Å²) in [7, 11) is 1.68. The highest BCUT2D eigenvalue weighted by Gasteiger charge is 2.25. The van der Waals surface area contributed by atoms with Gasteiger partial charge in [0.1, 0.15) is 0 Å². The van der Waals surface area contributed by atoms with Gasteiger partial charge in [-0.2, -0.15) is 0 Å². The van der Waals surface area contributed by atoms with Gasteiger partial charge in [-0.05, 0) is 81.4 Å². The number of aromatic nitrogens is 1. The van der Waals surface area contributed by atoms with Crippen molar-refractivity contribution in [2.24, 2.45) is 5.92 Å². The molecule has 4 aromatic rings. The highest BCUT2D eigenvalue weighted by atomic mass is 16.5. The van der Waals surface area contributed by atoms with Gasteiger partial charge in [-0.3, -0.25) is 0 Å². The zero-order valence-corrected chi connectivity index (χ0v) is 21.1. The van der Waals surface area contributed by atoms with Gasteiger partial charge >= 0.3 is 0 Å². The largest absolute Gasteiger partial charge is 0.493 e. The number of fused-ring (bicyclic) bond motifs is 1. The first-order valence-corrected chi connectivity index (χ1v) is 13.1. The van der Waals surface area contributed by atoms with Crippen LogP contribution in [-0.4, -0.2) is 43.4 Å². The fourth-order valence-electron chi connectivity index (χ4n) is 5.20. The predicted molar refractivity (Wildman–Crippen MR) is 143 cm³/mol. The van der Waals surface area contributed by atoms with E-state index < -0.39 is 0 Å². The number of nitrogens with zero attached hydrogens (tertiary/aromatic N) is 2. The molecule has 1 aliphatic rings. The summed E-state index contributed by atoms with van der Waals surface area (Å²) in [4.78, 5) is 2.60. The molecule has 187 valence electrons. The summed E-state index contributed by atoms with van der Waals surface area (Å²) in [6.45, 7) is 3.95. The van der Waals surface area contributed by atoms with E-state index in [1.54, 1.807) is 7.11 Å². The Hall–Kier alpha value is -3.31. The van der Waals surface area contributed by atoms with Crippen LogP contribution in [0.15, 0.2) is 77.3 Å². The molecule has 36 heavy (non-hydrogen) atoms. The van der Waals surface area contributed by atoms with Crippen LogP contribution in [0.5, 0.6) is 11.5 Å². The highest BCUT2D eigenvalue weighted by molar-refractivity contribution is 5.79. The molecule has 2 heterocycles. The summed E-state index contributed by atoms with van der Waals surface area (Å²) in [5, 5.41) is 5.58. The van der Waals surface area contributed by atoms with Gasteiger partial charge in [0.15, 0.2) is 17.1 Å². The predicted octanol–water partition coefficient (Wildman–Crippen LogP) is 6.53. The molecule has 0 N–H and O–H groups in total. The molecule has 0 saturated carbocycles. The van der Waals surface area contributed by atoms with Crippen molar-refractivity contribution in [2.45, 2.75) is 38.0 Å². The molecule has 1 saturated heterocycles. The zero-order valence-electron chi connectivity index (χ0n) is 21.1. The molecule has 1 unspecified atom stereocenters. The third-order valence-electron chi connectivity index (χ3n) is 7.38. The SMILES string of the molecule is COc1ccc[c]c1OCC(CCc1ccccc1)CCN1CCC(c2noc3ccccc23)CC1. The van der Waals surface area contributed by atoms with E-state index in [2.05, 4.69) is 58.6 Å². The Morgan fingerprint density at radius 1 is 1.00 bits per heavy atom. The molecule has 3 aromatic carbocycles. The molecule has 1 aromatic heterocycles. The third kappa shape index (κ3) is 6.08. The summed E-state index contributed by atoms with van der Waals surface area (Å²) >= 11 is 0. The monoisotopic (exact) mass is 483 g/mol. The second-order valence-electron chi connectivity index (χ2n) is 9.74. The molecular weight excluding hydrogens is 448 g/mol. The van der Waals surface area contributed by atoms with E-state index in [1.807, 2.05) is 30.3 Å². The van der Waals surface area contributed by atoms with Gasteiger partial charge in [0, 0.05) is 17.4 Å². The van der Waals surface area contributed by atoms with Crippen LogP contribution in [0.3, 0.4) is 0 Å². The molecule has 0 spiro atoms. The van der Waals surface area contributed by atoms with Crippen molar-refractivity contribution in [3.63, 3.8) is 0 Å². The number of hydrogen-bond acceptors (Lipinski definition) is 5. The zero-order chi connectivity index (χ0) is 24.6. The first kappa shape index (κ1) is 24.4. The molecule has 0 amide bonds. The van der Waals surface area contributed by atoms with E-state index in [-0.39, 0.29) is 0 Å². The number of piperidine rings is 1. The van der Waals surface area contributed by atoms with Crippen LogP contribution in [0, 0.1) is 12.0 Å². The first-order chi connectivity index (χ1) is 17.8. The van der Waals surface area contributed by atoms with Crippen molar-refractivity contribution < 1.29 is 14.0 Å². The number of aryl methyl sites for hydroxylation is 1. The maximum atomic E-state index is 6.21. The van der Waals surface area contributed by atoms with Crippen molar-refractivity contribution in [3.8, 4) is 11.5 Å².